The minimum atomic E-state index is 0.154. The average Bonchev–Trinajstić information content (AvgIpc) is 2.69. The Morgan fingerprint density at radius 3 is 2.54 bits per heavy atom. The molecular weight excluding hydrogens is 368 g/mol. The van der Waals surface area contributed by atoms with Crippen molar-refractivity contribution in [3.63, 3.8) is 0 Å². The molecule has 0 bridgehead atoms. The molecule has 0 N–H and O–H groups in total. The minimum absolute atomic E-state index is 0.154. The molecule has 0 aliphatic carbocycles. The zero-order valence-corrected chi connectivity index (χ0v) is 17.5. The first-order valence-corrected chi connectivity index (χ1v) is 10.2. The SMILES string of the molecule is CC(=O)SCCN(C)c1ccc(/N=N/c2cc(C)[n+](C)c3ccccc23)cc1. The van der Waals surface area contributed by atoms with Gasteiger partial charge in [-0.25, -0.2) is 0 Å². The van der Waals surface area contributed by atoms with Gasteiger partial charge >= 0.3 is 0 Å². The molecule has 0 spiro atoms. The van der Waals surface area contributed by atoms with Gasteiger partial charge in [-0.05, 0) is 30.3 Å². The van der Waals surface area contributed by atoms with Gasteiger partial charge in [-0.2, -0.15) is 9.68 Å². The lowest BCUT2D eigenvalue weighted by Gasteiger charge is -2.18. The molecule has 0 aliphatic heterocycles. The molecule has 1 heterocycles. The van der Waals surface area contributed by atoms with E-state index in [0.29, 0.717) is 0 Å². The maximum absolute atomic E-state index is 11.0. The maximum atomic E-state index is 11.0. The largest absolute Gasteiger partial charge is 0.374 e. The quantitative estimate of drug-likeness (QED) is 0.432. The van der Waals surface area contributed by atoms with Gasteiger partial charge in [-0.15, -0.1) is 5.11 Å². The Bertz CT molecular complexity index is 1010. The van der Waals surface area contributed by atoms with Crippen LogP contribution in [-0.4, -0.2) is 24.5 Å². The van der Waals surface area contributed by atoms with Gasteiger partial charge in [0.15, 0.2) is 10.8 Å². The van der Waals surface area contributed by atoms with E-state index in [1.165, 1.54) is 11.8 Å². The zero-order chi connectivity index (χ0) is 20.1. The summed E-state index contributed by atoms with van der Waals surface area (Å²) < 4.78 is 2.16. The first-order chi connectivity index (χ1) is 13.5. The maximum Gasteiger partial charge on any atom is 0.214 e. The van der Waals surface area contributed by atoms with Gasteiger partial charge in [0, 0.05) is 51.0 Å². The molecule has 0 saturated carbocycles. The molecule has 3 rings (SSSR count). The van der Waals surface area contributed by atoms with Crippen LogP contribution in [0.4, 0.5) is 17.1 Å². The second-order valence-electron chi connectivity index (χ2n) is 6.73. The third-order valence-electron chi connectivity index (χ3n) is 4.71. The molecule has 0 amide bonds. The van der Waals surface area contributed by atoms with Crippen LogP contribution < -0.4 is 9.47 Å². The van der Waals surface area contributed by atoms with Crippen LogP contribution in [0.2, 0.25) is 0 Å². The lowest BCUT2D eigenvalue weighted by atomic mass is 10.1. The highest BCUT2D eigenvalue weighted by Crippen LogP contribution is 2.27. The normalized spacial score (nSPS) is 11.3. The predicted molar refractivity (Wildman–Crippen MR) is 117 cm³/mol. The summed E-state index contributed by atoms with van der Waals surface area (Å²) >= 11 is 1.35. The molecular formula is C22H25N4OS+. The predicted octanol–water partition coefficient (Wildman–Crippen LogP) is 5.10. The van der Waals surface area contributed by atoms with Crippen LogP contribution in [0, 0.1) is 6.92 Å². The smallest absolute Gasteiger partial charge is 0.214 e. The van der Waals surface area contributed by atoms with E-state index in [4.69, 9.17) is 0 Å². The third-order valence-corrected chi connectivity index (χ3v) is 5.50. The summed E-state index contributed by atoms with van der Waals surface area (Å²) in [6.45, 7) is 4.49. The highest BCUT2D eigenvalue weighted by Gasteiger charge is 2.12. The molecule has 0 atom stereocenters. The molecule has 3 aromatic rings. The number of rotatable bonds is 6. The number of fused-ring (bicyclic) bond motifs is 1. The van der Waals surface area contributed by atoms with Gasteiger partial charge in [0.1, 0.15) is 12.7 Å². The van der Waals surface area contributed by atoms with Crippen LogP contribution in [0.1, 0.15) is 12.6 Å². The van der Waals surface area contributed by atoms with Crippen molar-refractivity contribution >= 4 is 44.8 Å². The average molecular weight is 394 g/mol. The fourth-order valence-corrected chi connectivity index (χ4v) is 3.62. The minimum Gasteiger partial charge on any atom is -0.374 e. The van der Waals surface area contributed by atoms with Crippen molar-refractivity contribution in [2.45, 2.75) is 13.8 Å². The summed E-state index contributed by atoms with van der Waals surface area (Å²) in [5.41, 5.74) is 5.04. The van der Waals surface area contributed by atoms with Crippen molar-refractivity contribution in [2.75, 3.05) is 24.2 Å². The number of thioether (sulfide) groups is 1. The van der Waals surface area contributed by atoms with Crippen molar-refractivity contribution in [1.29, 1.82) is 0 Å². The Morgan fingerprint density at radius 2 is 1.82 bits per heavy atom. The van der Waals surface area contributed by atoms with E-state index in [9.17, 15) is 4.79 Å². The molecule has 28 heavy (non-hydrogen) atoms. The highest BCUT2D eigenvalue weighted by molar-refractivity contribution is 8.13. The summed E-state index contributed by atoms with van der Waals surface area (Å²) in [6.07, 6.45) is 0. The number of aromatic nitrogens is 1. The summed E-state index contributed by atoms with van der Waals surface area (Å²) in [4.78, 5) is 13.2. The molecule has 0 unspecified atom stereocenters. The first kappa shape index (κ1) is 20.0. The van der Waals surface area contributed by atoms with E-state index >= 15 is 0 Å². The molecule has 1 aromatic heterocycles. The first-order valence-electron chi connectivity index (χ1n) is 9.20. The lowest BCUT2D eigenvalue weighted by molar-refractivity contribution is -0.651. The Labute approximate surface area is 170 Å². The van der Waals surface area contributed by atoms with Gasteiger partial charge in [-0.1, -0.05) is 23.9 Å². The number of para-hydroxylation sites is 1. The van der Waals surface area contributed by atoms with Crippen LogP contribution >= 0.6 is 11.8 Å². The van der Waals surface area contributed by atoms with Crippen LogP contribution in [0.25, 0.3) is 10.9 Å². The van der Waals surface area contributed by atoms with E-state index in [2.05, 4.69) is 51.9 Å². The number of azo groups is 1. The topological polar surface area (TPSA) is 48.9 Å². The third kappa shape index (κ3) is 4.75. The van der Waals surface area contributed by atoms with Crippen LogP contribution in [0.3, 0.4) is 0 Å². The number of hydrogen-bond acceptors (Lipinski definition) is 5. The molecule has 2 aromatic carbocycles. The van der Waals surface area contributed by atoms with E-state index in [1.807, 2.05) is 43.4 Å². The second-order valence-corrected chi connectivity index (χ2v) is 8.00. The van der Waals surface area contributed by atoms with E-state index in [-0.39, 0.29) is 5.12 Å². The van der Waals surface area contributed by atoms with Crippen molar-refractivity contribution in [1.82, 2.24) is 0 Å². The zero-order valence-electron chi connectivity index (χ0n) is 16.7. The molecule has 0 saturated heterocycles. The van der Waals surface area contributed by atoms with Gasteiger partial charge in [-0.3, -0.25) is 4.79 Å². The number of pyridine rings is 1. The van der Waals surface area contributed by atoms with Crippen LogP contribution in [0.15, 0.2) is 64.8 Å². The van der Waals surface area contributed by atoms with Crippen molar-refractivity contribution in [2.24, 2.45) is 17.3 Å². The Balaban J connectivity index is 1.76. The van der Waals surface area contributed by atoms with E-state index in [1.54, 1.807) is 6.92 Å². The second kappa shape index (κ2) is 8.97. The Kier molecular flexibility index (Phi) is 6.41. The van der Waals surface area contributed by atoms with E-state index < -0.39 is 0 Å². The van der Waals surface area contributed by atoms with Gasteiger partial charge in [0.05, 0.1) is 11.1 Å². The van der Waals surface area contributed by atoms with Crippen molar-refractivity contribution in [3.05, 3.63) is 60.3 Å². The van der Waals surface area contributed by atoms with Crippen LogP contribution in [0.5, 0.6) is 0 Å². The standard InChI is InChI=1S/C22H25N4OS/c1-16-15-21(20-7-5-6-8-22(20)26(16)4)24-23-18-9-11-19(12-10-18)25(3)13-14-28-17(2)27/h5-12,15H,13-14H2,1-4H3/q+1. The van der Waals surface area contributed by atoms with Gasteiger partial charge in [0.2, 0.25) is 5.52 Å². The fraction of sp³-hybridized carbons (Fsp3) is 0.273. The molecule has 0 aliphatic rings. The molecule has 6 heteroatoms. The van der Waals surface area contributed by atoms with Gasteiger partial charge in [0.25, 0.3) is 0 Å². The number of carbonyl (C=O) groups is 1. The number of anilines is 1. The summed E-state index contributed by atoms with van der Waals surface area (Å²) in [7, 11) is 4.08. The number of benzene rings is 2. The Morgan fingerprint density at radius 1 is 1.11 bits per heavy atom. The Hall–Kier alpha value is -2.73. The van der Waals surface area contributed by atoms with Crippen molar-refractivity contribution in [3.8, 4) is 0 Å². The number of aryl methyl sites for hydroxylation is 2. The molecule has 0 fully saturated rings. The molecule has 0 radical (unpaired) electrons. The summed E-state index contributed by atoms with van der Waals surface area (Å²) in [5, 5.41) is 10.2. The molecule has 144 valence electrons. The van der Waals surface area contributed by atoms with Crippen LogP contribution in [-0.2, 0) is 11.8 Å². The summed E-state index contributed by atoms with van der Waals surface area (Å²) in [5.74, 6) is 0.783. The fourth-order valence-electron chi connectivity index (χ4n) is 2.97. The number of carbonyl (C=O) groups excluding carboxylic acids is 1. The van der Waals surface area contributed by atoms with E-state index in [0.717, 1.165) is 46.0 Å². The highest BCUT2D eigenvalue weighted by atomic mass is 32.2. The monoisotopic (exact) mass is 393 g/mol. The number of nitrogens with zero attached hydrogens (tertiary/aromatic N) is 4. The van der Waals surface area contributed by atoms with Gasteiger partial charge < -0.3 is 4.90 Å². The lowest BCUT2D eigenvalue weighted by Crippen LogP contribution is -2.32. The summed E-state index contributed by atoms with van der Waals surface area (Å²) in [6, 6.07) is 18.3. The van der Waals surface area contributed by atoms with Crippen molar-refractivity contribution < 1.29 is 9.36 Å². The number of hydrogen-bond donors (Lipinski definition) is 0. The molecule has 5 nitrogen and oxygen atoms in total.